The van der Waals surface area contributed by atoms with Crippen LogP contribution in [0.15, 0.2) is 36.5 Å². The number of carbonyl (C=O) groups is 1. The number of rotatable bonds is 2. The van der Waals surface area contributed by atoms with E-state index in [1.165, 1.54) is 6.20 Å². The number of anilines is 1. The molecule has 1 fully saturated rings. The van der Waals surface area contributed by atoms with E-state index in [4.69, 9.17) is 0 Å². The molecule has 0 radical (unpaired) electrons. The molecule has 0 aliphatic carbocycles. The zero-order valence-corrected chi connectivity index (χ0v) is 13.1. The van der Waals surface area contributed by atoms with Gasteiger partial charge in [0.1, 0.15) is 17.5 Å². The summed E-state index contributed by atoms with van der Waals surface area (Å²) in [6.45, 7) is 4.77. The average Bonchev–Trinajstić information content (AvgIpc) is 2.49. The molecule has 0 atom stereocenters. The Morgan fingerprint density at radius 1 is 1.17 bits per heavy atom. The van der Waals surface area contributed by atoms with Gasteiger partial charge in [-0.15, -0.1) is 0 Å². The fourth-order valence-corrected chi connectivity index (χ4v) is 2.80. The minimum absolute atomic E-state index is 0.0121. The third-order valence-electron chi connectivity index (χ3n) is 4.21. The maximum absolute atomic E-state index is 13.8. The first-order valence-corrected chi connectivity index (χ1v) is 7.58. The molecule has 2 heterocycles. The second kappa shape index (κ2) is 5.72. The van der Waals surface area contributed by atoms with Gasteiger partial charge >= 0.3 is 0 Å². The number of nitrogens with zero attached hydrogens (tertiary/aromatic N) is 2. The Bertz CT molecular complexity index is 741. The molecule has 1 aliphatic rings. The number of carbonyl (C=O) groups excluding carboxylic acids is 1. The Labute approximate surface area is 134 Å². The summed E-state index contributed by atoms with van der Waals surface area (Å²) in [5.74, 6) is -0.417. The van der Waals surface area contributed by atoms with Gasteiger partial charge in [-0.2, -0.15) is 0 Å². The molecule has 5 heteroatoms. The number of amides is 1. The fraction of sp³-hybridized carbons (Fsp3) is 0.333. The van der Waals surface area contributed by atoms with Crippen LogP contribution in [-0.2, 0) is 4.79 Å². The highest BCUT2D eigenvalue weighted by atomic mass is 19.1. The Balaban J connectivity index is 1.85. The minimum Gasteiger partial charge on any atom is -0.297 e. The van der Waals surface area contributed by atoms with E-state index < -0.39 is 11.6 Å². The highest BCUT2D eigenvalue weighted by Gasteiger charge is 2.32. The Hall–Kier alpha value is -2.30. The van der Waals surface area contributed by atoms with Gasteiger partial charge in [0, 0.05) is 30.3 Å². The molecule has 2 aromatic rings. The molecule has 0 unspecified atom stereocenters. The first-order valence-electron chi connectivity index (χ1n) is 7.58. The van der Waals surface area contributed by atoms with Gasteiger partial charge in [-0.25, -0.2) is 13.8 Å². The van der Waals surface area contributed by atoms with Crippen LogP contribution in [0, 0.1) is 17.0 Å². The van der Waals surface area contributed by atoms with Crippen LogP contribution in [0.3, 0.4) is 0 Å². The number of piperidine rings is 1. The summed E-state index contributed by atoms with van der Waals surface area (Å²) in [6.07, 6.45) is 2.86. The van der Waals surface area contributed by atoms with Gasteiger partial charge in [-0.3, -0.25) is 9.69 Å². The van der Waals surface area contributed by atoms with E-state index in [1.807, 2.05) is 0 Å². The van der Waals surface area contributed by atoms with Crippen LogP contribution in [-0.4, -0.2) is 17.4 Å². The van der Waals surface area contributed by atoms with Crippen molar-refractivity contribution in [3.63, 3.8) is 0 Å². The Kier molecular flexibility index (Phi) is 3.88. The Morgan fingerprint density at radius 3 is 2.61 bits per heavy atom. The molecular weight excluding hydrogens is 298 g/mol. The summed E-state index contributed by atoms with van der Waals surface area (Å²) in [5.41, 5.74) is 0.656. The van der Waals surface area contributed by atoms with Gasteiger partial charge in [-0.1, -0.05) is 13.8 Å². The van der Waals surface area contributed by atoms with Gasteiger partial charge in [-0.05, 0) is 42.2 Å². The van der Waals surface area contributed by atoms with Crippen molar-refractivity contribution in [2.75, 3.05) is 11.4 Å². The molecule has 3 nitrogen and oxygen atoms in total. The van der Waals surface area contributed by atoms with Crippen LogP contribution in [0.1, 0.15) is 26.7 Å². The lowest BCUT2D eigenvalue weighted by Gasteiger charge is -2.35. The largest absolute Gasteiger partial charge is 0.297 e. The van der Waals surface area contributed by atoms with Crippen molar-refractivity contribution >= 4 is 11.7 Å². The molecule has 3 rings (SSSR count). The van der Waals surface area contributed by atoms with E-state index in [1.54, 1.807) is 17.0 Å². The van der Waals surface area contributed by atoms with Crippen LogP contribution in [0.4, 0.5) is 14.6 Å². The lowest BCUT2D eigenvalue weighted by molar-refractivity contribution is -0.122. The smallest absolute Gasteiger partial charge is 0.228 e. The normalized spacial score (nSPS) is 17.4. The van der Waals surface area contributed by atoms with E-state index in [-0.39, 0.29) is 16.9 Å². The number of hydrogen-bond donors (Lipinski definition) is 0. The van der Waals surface area contributed by atoms with Gasteiger partial charge < -0.3 is 0 Å². The summed E-state index contributed by atoms with van der Waals surface area (Å²) in [4.78, 5) is 18.2. The predicted molar refractivity (Wildman–Crippen MR) is 85.0 cm³/mol. The third kappa shape index (κ3) is 3.23. The standard InChI is InChI=1S/C18H18F2N2O/c1-18(2)7-8-22(17(23)10-18)16-6-3-12(11-21-16)14-9-13(19)4-5-15(14)20/h3-6,9,11H,7-8,10H2,1-2H3. The van der Waals surface area contributed by atoms with E-state index in [0.29, 0.717) is 24.3 Å². The minimum atomic E-state index is -0.503. The molecule has 120 valence electrons. The second-order valence-corrected chi connectivity index (χ2v) is 6.67. The fourth-order valence-electron chi connectivity index (χ4n) is 2.80. The monoisotopic (exact) mass is 316 g/mol. The summed E-state index contributed by atoms with van der Waals surface area (Å²) in [6, 6.07) is 6.65. The van der Waals surface area contributed by atoms with Crippen molar-refractivity contribution in [3.8, 4) is 11.1 Å². The number of aromatic nitrogens is 1. The van der Waals surface area contributed by atoms with Crippen molar-refractivity contribution in [2.45, 2.75) is 26.7 Å². The summed E-state index contributed by atoms with van der Waals surface area (Å²) in [7, 11) is 0. The first kappa shape index (κ1) is 15.6. The third-order valence-corrected chi connectivity index (χ3v) is 4.21. The molecular formula is C18H18F2N2O. The summed E-state index contributed by atoms with van der Waals surface area (Å²) >= 11 is 0. The zero-order chi connectivity index (χ0) is 16.6. The maximum Gasteiger partial charge on any atom is 0.228 e. The molecule has 1 saturated heterocycles. The van der Waals surface area contributed by atoms with E-state index in [0.717, 1.165) is 24.6 Å². The highest BCUT2D eigenvalue weighted by Crippen LogP contribution is 2.33. The SMILES string of the molecule is CC1(C)CCN(c2ccc(-c3cc(F)ccc3F)cn2)C(=O)C1. The zero-order valence-electron chi connectivity index (χ0n) is 13.1. The van der Waals surface area contributed by atoms with Gasteiger partial charge in [0.25, 0.3) is 0 Å². The lowest BCUT2D eigenvalue weighted by atomic mass is 9.82. The number of pyridine rings is 1. The number of benzene rings is 1. The van der Waals surface area contributed by atoms with Gasteiger partial charge in [0.2, 0.25) is 5.91 Å². The van der Waals surface area contributed by atoms with Crippen molar-refractivity contribution in [1.29, 1.82) is 0 Å². The lowest BCUT2D eigenvalue weighted by Crippen LogP contribution is -2.42. The van der Waals surface area contributed by atoms with Crippen molar-refractivity contribution in [2.24, 2.45) is 5.41 Å². The van der Waals surface area contributed by atoms with Crippen LogP contribution in [0.2, 0.25) is 0 Å². The molecule has 0 bridgehead atoms. The van der Waals surface area contributed by atoms with Gasteiger partial charge in [0.05, 0.1) is 0 Å². The van der Waals surface area contributed by atoms with E-state index >= 15 is 0 Å². The molecule has 1 aliphatic heterocycles. The van der Waals surface area contributed by atoms with Crippen molar-refractivity contribution in [3.05, 3.63) is 48.2 Å². The van der Waals surface area contributed by atoms with E-state index in [9.17, 15) is 13.6 Å². The van der Waals surface area contributed by atoms with E-state index in [2.05, 4.69) is 18.8 Å². The number of halogens is 2. The maximum atomic E-state index is 13.8. The molecule has 1 aromatic carbocycles. The highest BCUT2D eigenvalue weighted by molar-refractivity contribution is 5.93. The summed E-state index contributed by atoms with van der Waals surface area (Å²) in [5, 5.41) is 0. The molecule has 0 saturated carbocycles. The molecule has 1 amide bonds. The van der Waals surface area contributed by atoms with Crippen LogP contribution < -0.4 is 4.90 Å². The van der Waals surface area contributed by atoms with Crippen molar-refractivity contribution < 1.29 is 13.6 Å². The second-order valence-electron chi connectivity index (χ2n) is 6.67. The van der Waals surface area contributed by atoms with Crippen LogP contribution in [0.5, 0.6) is 0 Å². The summed E-state index contributed by atoms with van der Waals surface area (Å²) < 4.78 is 27.1. The van der Waals surface area contributed by atoms with Crippen LogP contribution >= 0.6 is 0 Å². The Morgan fingerprint density at radius 2 is 1.96 bits per heavy atom. The molecule has 0 spiro atoms. The molecule has 23 heavy (non-hydrogen) atoms. The topological polar surface area (TPSA) is 33.2 Å². The predicted octanol–water partition coefficient (Wildman–Crippen LogP) is 4.18. The quantitative estimate of drug-likeness (QED) is 0.833. The average molecular weight is 316 g/mol. The van der Waals surface area contributed by atoms with Crippen LogP contribution in [0.25, 0.3) is 11.1 Å². The van der Waals surface area contributed by atoms with Gasteiger partial charge in [0.15, 0.2) is 0 Å². The number of hydrogen-bond acceptors (Lipinski definition) is 2. The molecule has 0 N–H and O–H groups in total. The van der Waals surface area contributed by atoms with Crippen molar-refractivity contribution in [1.82, 2.24) is 4.98 Å². The molecule has 1 aromatic heterocycles. The first-order chi connectivity index (χ1) is 10.9.